The minimum Gasteiger partial charge on any atom is -0.375 e. The first-order valence-corrected chi connectivity index (χ1v) is 9.77. The van der Waals surface area contributed by atoms with E-state index in [9.17, 15) is 0 Å². The first kappa shape index (κ1) is 16.2. The smallest absolute Gasteiger partial charge is 0.0743 e. The van der Waals surface area contributed by atoms with Gasteiger partial charge in [0.15, 0.2) is 0 Å². The second-order valence-electron chi connectivity index (χ2n) is 6.92. The molecule has 4 nitrogen and oxygen atoms in total. The van der Waals surface area contributed by atoms with Gasteiger partial charge in [-0.15, -0.1) is 0 Å². The Morgan fingerprint density at radius 1 is 1.12 bits per heavy atom. The predicted octanol–water partition coefficient (Wildman–Crippen LogP) is 2.87. The molecule has 0 aromatic carbocycles. The minimum atomic E-state index is 0.385. The van der Waals surface area contributed by atoms with Gasteiger partial charge >= 0.3 is 0 Å². The number of hydrogen-bond donors (Lipinski definition) is 0. The Morgan fingerprint density at radius 2 is 2.04 bits per heavy atom. The molecule has 2 aromatic rings. The molecule has 2 aromatic heterocycles. The van der Waals surface area contributed by atoms with Crippen LogP contribution in [-0.4, -0.2) is 53.7 Å². The summed E-state index contributed by atoms with van der Waals surface area (Å²) in [6.45, 7) is 7.31. The van der Waals surface area contributed by atoms with Crippen molar-refractivity contribution in [2.45, 2.75) is 25.6 Å². The summed E-state index contributed by atoms with van der Waals surface area (Å²) in [5, 5.41) is 4.43. The van der Waals surface area contributed by atoms with Gasteiger partial charge in [-0.05, 0) is 47.0 Å². The van der Waals surface area contributed by atoms with Gasteiger partial charge in [-0.3, -0.25) is 14.8 Å². The Kier molecular flexibility index (Phi) is 5.23. The fraction of sp³-hybridized carbons (Fsp3) is 0.526. The molecule has 0 bridgehead atoms. The third-order valence-corrected chi connectivity index (χ3v) is 5.86. The molecule has 2 aliphatic heterocycles. The zero-order valence-electron chi connectivity index (χ0n) is 14.0. The maximum atomic E-state index is 6.23. The molecular weight excluding hydrogens is 318 g/mol. The zero-order chi connectivity index (χ0) is 16.2. The maximum absolute atomic E-state index is 6.23. The summed E-state index contributed by atoms with van der Waals surface area (Å²) < 4.78 is 6.23. The molecule has 2 saturated heterocycles. The number of fused-ring (bicyclic) bond motifs is 1. The summed E-state index contributed by atoms with van der Waals surface area (Å²) in [5.74, 6) is 0.655. The second-order valence-corrected chi connectivity index (χ2v) is 7.70. The van der Waals surface area contributed by atoms with E-state index < -0.39 is 0 Å². The van der Waals surface area contributed by atoms with Crippen LogP contribution in [0.5, 0.6) is 0 Å². The Hall–Kier alpha value is -1.27. The average Bonchev–Trinajstić information content (AvgIpc) is 3.02. The third-order valence-electron chi connectivity index (χ3n) is 5.13. The number of ether oxygens (including phenoxy) is 1. The molecule has 24 heavy (non-hydrogen) atoms. The van der Waals surface area contributed by atoms with Crippen LogP contribution < -0.4 is 0 Å². The maximum Gasteiger partial charge on any atom is 0.0743 e. The number of pyridine rings is 1. The van der Waals surface area contributed by atoms with Gasteiger partial charge in [0.25, 0.3) is 0 Å². The first-order chi connectivity index (χ1) is 11.9. The van der Waals surface area contributed by atoms with Crippen molar-refractivity contribution >= 4 is 11.3 Å². The van der Waals surface area contributed by atoms with E-state index >= 15 is 0 Å². The van der Waals surface area contributed by atoms with Crippen molar-refractivity contribution in [3.63, 3.8) is 0 Å². The molecule has 2 aliphatic rings. The Morgan fingerprint density at radius 3 is 2.88 bits per heavy atom. The molecular formula is C19H25N3OS. The highest BCUT2D eigenvalue weighted by molar-refractivity contribution is 7.07. The minimum absolute atomic E-state index is 0.385. The number of hydrogen-bond acceptors (Lipinski definition) is 5. The molecule has 0 saturated carbocycles. The summed E-state index contributed by atoms with van der Waals surface area (Å²) >= 11 is 1.79. The Balaban J connectivity index is 1.34. The molecule has 128 valence electrons. The zero-order valence-corrected chi connectivity index (χ0v) is 14.8. The Bertz CT molecular complexity index is 619. The first-order valence-electron chi connectivity index (χ1n) is 8.83. The molecule has 0 amide bonds. The van der Waals surface area contributed by atoms with Crippen LogP contribution in [0.1, 0.15) is 17.5 Å². The van der Waals surface area contributed by atoms with E-state index in [1.807, 2.05) is 18.5 Å². The highest BCUT2D eigenvalue weighted by Crippen LogP contribution is 2.26. The lowest BCUT2D eigenvalue weighted by Crippen LogP contribution is -2.46. The van der Waals surface area contributed by atoms with Crippen molar-refractivity contribution in [1.29, 1.82) is 0 Å². The van der Waals surface area contributed by atoms with Crippen LogP contribution in [0.4, 0.5) is 0 Å². The fourth-order valence-electron chi connectivity index (χ4n) is 3.86. The highest BCUT2D eigenvalue weighted by atomic mass is 32.1. The molecule has 0 aliphatic carbocycles. The number of piperidine rings is 1. The number of aromatic nitrogens is 1. The number of rotatable bonds is 4. The predicted molar refractivity (Wildman–Crippen MR) is 97.0 cm³/mol. The van der Waals surface area contributed by atoms with Gasteiger partial charge in [0.2, 0.25) is 0 Å². The normalized spacial score (nSPS) is 26.0. The molecule has 0 unspecified atom stereocenters. The van der Waals surface area contributed by atoms with Crippen molar-refractivity contribution in [3.8, 4) is 0 Å². The summed E-state index contributed by atoms with van der Waals surface area (Å²) in [5.41, 5.74) is 2.73. The van der Waals surface area contributed by atoms with Crippen molar-refractivity contribution in [2.24, 2.45) is 5.92 Å². The summed E-state index contributed by atoms with van der Waals surface area (Å²) in [4.78, 5) is 9.33. The Labute approximate surface area is 148 Å². The van der Waals surface area contributed by atoms with E-state index in [2.05, 4.69) is 37.7 Å². The van der Waals surface area contributed by atoms with Gasteiger partial charge in [-0.25, -0.2) is 0 Å². The average molecular weight is 343 g/mol. The lowest BCUT2D eigenvalue weighted by Gasteiger charge is -2.38. The lowest BCUT2D eigenvalue weighted by atomic mass is 9.93. The lowest BCUT2D eigenvalue weighted by molar-refractivity contribution is -0.0241. The third kappa shape index (κ3) is 4.03. The number of nitrogens with zero attached hydrogens (tertiary/aromatic N) is 3. The van der Waals surface area contributed by atoms with E-state index in [-0.39, 0.29) is 0 Å². The van der Waals surface area contributed by atoms with E-state index in [0.29, 0.717) is 12.0 Å². The number of thiophene rings is 1. The van der Waals surface area contributed by atoms with Crippen LogP contribution in [0.2, 0.25) is 0 Å². The van der Waals surface area contributed by atoms with Gasteiger partial charge < -0.3 is 4.74 Å². The molecule has 0 N–H and O–H groups in total. The summed E-state index contributed by atoms with van der Waals surface area (Å²) in [6.07, 6.45) is 5.44. The standard InChI is InChI=1S/C19H25N3OS/c1-2-16(10-20-5-1)11-22-7-8-23-19-14-21(6-3-18(19)13-22)12-17-4-9-24-15-17/h1-2,4-5,9-10,15,18-19H,3,6-8,11-14H2/t18-,19-/m0/s1. The van der Waals surface area contributed by atoms with Crippen molar-refractivity contribution in [1.82, 2.24) is 14.8 Å². The van der Waals surface area contributed by atoms with Crippen molar-refractivity contribution in [3.05, 3.63) is 52.5 Å². The quantitative estimate of drug-likeness (QED) is 0.853. The van der Waals surface area contributed by atoms with Gasteiger partial charge in [0, 0.05) is 51.0 Å². The van der Waals surface area contributed by atoms with E-state index in [0.717, 1.165) is 39.3 Å². The number of likely N-dealkylation sites (tertiary alicyclic amines) is 1. The van der Waals surface area contributed by atoms with Crippen molar-refractivity contribution < 1.29 is 4.74 Å². The monoisotopic (exact) mass is 343 g/mol. The SMILES string of the molecule is c1cncc(CN2CCO[C@H]3CN(Cc4ccsc4)CC[C@H]3C2)c1. The van der Waals surface area contributed by atoms with Crippen LogP contribution in [0.3, 0.4) is 0 Å². The van der Waals surface area contributed by atoms with E-state index in [1.165, 1.54) is 24.1 Å². The van der Waals surface area contributed by atoms with Gasteiger partial charge in [-0.2, -0.15) is 11.3 Å². The molecule has 4 rings (SSSR count). The molecule has 4 heterocycles. The van der Waals surface area contributed by atoms with E-state index in [1.54, 1.807) is 11.3 Å². The highest BCUT2D eigenvalue weighted by Gasteiger charge is 2.33. The molecule has 2 fully saturated rings. The topological polar surface area (TPSA) is 28.6 Å². The largest absolute Gasteiger partial charge is 0.375 e. The summed E-state index contributed by atoms with van der Waals surface area (Å²) in [7, 11) is 0. The fourth-order valence-corrected chi connectivity index (χ4v) is 4.52. The van der Waals surface area contributed by atoms with Crippen molar-refractivity contribution in [2.75, 3.05) is 32.8 Å². The molecule has 0 spiro atoms. The van der Waals surface area contributed by atoms with Crippen LogP contribution in [-0.2, 0) is 17.8 Å². The van der Waals surface area contributed by atoms with Crippen LogP contribution >= 0.6 is 11.3 Å². The molecule has 0 radical (unpaired) electrons. The molecule has 5 heteroatoms. The second kappa shape index (κ2) is 7.74. The van der Waals surface area contributed by atoms with E-state index in [4.69, 9.17) is 4.74 Å². The van der Waals surface area contributed by atoms with Crippen LogP contribution in [0.25, 0.3) is 0 Å². The van der Waals surface area contributed by atoms with Gasteiger partial charge in [-0.1, -0.05) is 6.07 Å². The summed E-state index contributed by atoms with van der Waals surface area (Å²) in [6, 6.07) is 6.43. The van der Waals surface area contributed by atoms with Crippen LogP contribution in [0, 0.1) is 5.92 Å². The van der Waals surface area contributed by atoms with Gasteiger partial charge in [0.1, 0.15) is 0 Å². The van der Waals surface area contributed by atoms with Crippen LogP contribution in [0.15, 0.2) is 41.4 Å². The van der Waals surface area contributed by atoms with Gasteiger partial charge in [0.05, 0.1) is 12.7 Å². The molecule has 2 atom stereocenters.